The summed E-state index contributed by atoms with van der Waals surface area (Å²) in [7, 11) is -2.28. The molecule has 23 heavy (non-hydrogen) atoms. The van der Waals surface area contributed by atoms with Gasteiger partial charge in [0, 0.05) is 13.1 Å². The molecule has 1 aromatic rings. The van der Waals surface area contributed by atoms with Crippen LogP contribution in [0.15, 0.2) is 11.0 Å². The number of carbonyl (C=O) groups is 1. The molecule has 0 N–H and O–H groups in total. The topological polar surface area (TPSA) is 63.7 Å². The Labute approximate surface area is 138 Å². The SMILES string of the molecule is COC(=O)[C@H]1CCCN(S(=O)(=O)c2c(C)c(C)cc(C)c2C)C1. The van der Waals surface area contributed by atoms with Crippen molar-refractivity contribution in [2.45, 2.75) is 45.4 Å². The highest BCUT2D eigenvalue weighted by atomic mass is 32.2. The Kier molecular flexibility index (Phi) is 5.16. The molecule has 0 bridgehead atoms. The number of benzene rings is 1. The molecule has 0 unspecified atom stereocenters. The lowest BCUT2D eigenvalue weighted by atomic mass is 10.0. The lowest BCUT2D eigenvalue weighted by Gasteiger charge is -2.31. The smallest absolute Gasteiger partial charge is 0.309 e. The molecule has 6 heteroatoms. The molecule has 0 aliphatic carbocycles. The van der Waals surface area contributed by atoms with Crippen molar-refractivity contribution >= 4 is 16.0 Å². The first-order chi connectivity index (χ1) is 10.7. The second kappa shape index (κ2) is 6.61. The fourth-order valence-electron chi connectivity index (χ4n) is 3.22. The second-order valence-electron chi connectivity index (χ2n) is 6.31. The molecule has 0 aromatic heterocycles. The van der Waals surface area contributed by atoms with E-state index in [-0.39, 0.29) is 18.4 Å². The zero-order valence-electron chi connectivity index (χ0n) is 14.5. The Morgan fingerprint density at radius 3 is 2.26 bits per heavy atom. The monoisotopic (exact) mass is 339 g/mol. The Morgan fingerprint density at radius 2 is 1.74 bits per heavy atom. The van der Waals surface area contributed by atoms with Crippen molar-refractivity contribution in [1.29, 1.82) is 0 Å². The van der Waals surface area contributed by atoms with Gasteiger partial charge < -0.3 is 4.74 Å². The van der Waals surface area contributed by atoms with E-state index in [4.69, 9.17) is 4.74 Å². The van der Waals surface area contributed by atoms with Crippen molar-refractivity contribution in [3.8, 4) is 0 Å². The van der Waals surface area contributed by atoms with Crippen LogP contribution in [0.3, 0.4) is 0 Å². The fourth-order valence-corrected chi connectivity index (χ4v) is 5.32. The number of hydrogen-bond donors (Lipinski definition) is 0. The number of sulfonamides is 1. The summed E-state index contributed by atoms with van der Waals surface area (Å²) in [6.07, 6.45) is 1.34. The number of nitrogens with zero attached hydrogens (tertiary/aromatic N) is 1. The van der Waals surface area contributed by atoms with Crippen LogP contribution in [0.1, 0.15) is 35.1 Å². The number of ether oxygens (including phenoxy) is 1. The van der Waals surface area contributed by atoms with Crippen molar-refractivity contribution in [2.75, 3.05) is 20.2 Å². The van der Waals surface area contributed by atoms with Gasteiger partial charge in [0.1, 0.15) is 0 Å². The first kappa shape index (κ1) is 17.9. The molecule has 0 radical (unpaired) electrons. The van der Waals surface area contributed by atoms with E-state index >= 15 is 0 Å². The lowest BCUT2D eigenvalue weighted by Crippen LogP contribution is -2.43. The van der Waals surface area contributed by atoms with Crippen LogP contribution in [-0.2, 0) is 19.6 Å². The summed E-state index contributed by atoms with van der Waals surface area (Å²) >= 11 is 0. The van der Waals surface area contributed by atoms with Crippen LogP contribution in [-0.4, -0.2) is 38.9 Å². The standard InChI is InChI=1S/C17H25NO4S/c1-11-9-12(2)14(4)16(13(11)3)23(20,21)18-8-6-7-15(10-18)17(19)22-5/h9,15H,6-8,10H2,1-5H3/t15-/m0/s1. The largest absolute Gasteiger partial charge is 0.469 e. The Bertz CT molecular complexity index is 698. The summed E-state index contributed by atoms with van der Waals surface area (Å²) in [6.45, 7) is 8.18. The molecule has 128 valence electrons. The van der Waals surface area contributed by atoms with E-state index in [1.807, 2.05) is 33.8 Å². The van der Waals surface area contributed by atoms with Gasteiger partial charge in [0.25, 0.3) is 0 Å². The van der Waals surface area contributed by atoms with Crippen LogP contribution in [0.25, 0.3) is 0 Å². The number of piperidine rings is 1. The quantitative estimate of drug-likeness (QED) is 0.794. The van der Waals surface area contributed by atoms with Crippen LogP contribution in [0.5, 0.6) is 0 Å². The minimum absolute atomic E-state index is 0.195. The van der Waals surface area contributed by atoms with Gasteiger partial charge in [-0.2, -0.15) is 4.31 Å². The third-order valence-corrected chi connectivity index (χ3v) is 6.95. The molecule has 5 nitrogen and oxygen atoms in total. The number of carbonyl (C=O) groups excluding carboxylic acids is 1. The highest BCUT2D eigenvalue weighted by Gasteiger charge is 2.35. The Hall–Kier alpha value is -1.40. The molecule has 1 saturated heterocycles. The molecule has 1 aromatic carbocycles. The summed E-state index contributed by atoms with van der Waals surface area (Å²) in [4.78, 5) is 12.2. The Morgan fingerprint density at radius 1 is 1.17 bits per heavy atom. The summed E-state index contributed by atoms with van der Waals surface area (Å²) in [5, 5.41) is 0. The van der Waals surface area contributed by atoms with Crippen LogP contribution in [0, 0.1) is 33.6 Å². The molecule has 0 spiro atoms. The van der Waals surface area contributed by atoms with Crippen molar-refractivity contribution < 1.29 is 17.9 Å². The highest BCUT2D eigenvalue weighted by molar-refractivity contribution is 7.89. The molecule has 2 rings (SSSR count). The maximum absolute atomic E-state index is 13.2. The summed E-state index contributed by atoms with van der Waals surface area (Å²) in [5.41, 5.74) is 3.50. The van der Waals surface area contributed by atoms with E-state index in [1.54, 1.807) is 0 Å². The molecule has 1 aliphatic heterocycles. The molecule has 0 amide bonds. The van der Waals surface area contributed by atoms with E-state index in [1.165, 1.54) is 11.4 Å². The number of methoxy groups -OCH3 is 1. The van der Waals surface area contributed by atoms with Crippen molar-refractivity contribution in [3.63, 3.8) is 0 Å². The van der Waals surface area contributed by atoms with E-state index in [2.05, 4.69) is 0 Å². The minimum atomic E-state index is -3.62. The minimum Gasteiger partial charge on any atom is -0.469 e. The van der Waals surface area contributed by atoms with E-state index < -0.39 is 10.0 Å². The highest BCUT2D eigenvalue weighted by Crippen LogP contribution is 2.31. The molecule has 1 fully saturated rings. The molecule has 0 saturated carbocycles. The molecule has 1 heterocycles. The van der Waals surface area contributed by atoms with Crippen LogP contribution < -0.4 is 0 Å². The van der Waals surface area contributed by atoms with Gasteiger partial charge in [0.15, 0.2) is 0 Å². The van der Waals surface area contributed by atoms with Crippen molar-refractivity contribution in [2.24, 2.45) is 5.92 Å². The maximum Gasteiger partial charge on any atom is 0.309 e. The third-order valence-electron chi connectivity index (χ3n) is 4.81. The first-order valence-corrected chi connectivity index (χ1v) is 9.29. The predicted octanol–water partition coefficient (Wildman–Crippen LogP) is 2.49. The van der Waals surface area contributed by atoms with Crippen LogP contribution in [0.4, 0.5) is 0 Å². The van der Waals surface area contributed by atoms with E-state index in [0.717, 1.165) is 22.3 Å². The van der Waals surface area contributed by atoms with Gasteiger partial charge in [-0.05, 0) is 62.8 Å². The van der Waals surface area contributed by atoms with E-state index in [9.17, 15) is 13.2 Å². The van der Waals surface area contributed by atoms with Gasteiger partial charge in [0.2, 0.25) is 10.0 Å². The summed E-state index contributed by atoms with van der Waals surface area (Å²) in [5.74, 6) is -0.714. The van der Waals surface area contributed by atoms with Crippen LogP contribution in [0.2, 0.25) is 0 Å². The van der Waals surface area contributed by atoms with Gasteiger partial charge in [-0.15, -0.1) is 0 Å². The zero-order chi connectivity index (χ0) is 17.4. The van der Waals surface area contributed by atoms with Gasteiger partial charge in [-0.1, -0.05) is 6.07 Å². The number of esters is 1. The summed E-state index contributed by atoms with van der Waals surface area (Å²) < 4.78 is 32.5. The zero-order valence-corrected chi connectivity index (χ0v) is 15.3. The Balaban J connectivity index is 2.45. The van der Waals surface area contributed by atoms with Crippen LogP contribution >= 0.6 is 0 Å². The average molecular weight is 339 g/mol. The third kappa shape index (κ3) is 3.28. The molecular formula is C17H25NO4S. The van der Waals surface area contributed by atoms with Gasteiger partial charge >= 0.3 is 5.97 Å². The number of aryl methyl sites for hydroxylation is 2. The van der Waals surface area contributed by atoms with Gasteiger partial charge in [-0.25, -0.2) is 8.42 Å². The fraction of sp³-hybridized carbons (Fsp3) is 0.588. The normalized spacial score (nSPS) is 19.6. The van der Waals surface area contributed by atoms with Crippen molar-refractivity contribution in [1.82, 2.24) is 4.31 Å². The number of hydrogen-bond acceptors (Lipinski definition) is 4. The number of rotatable bonds is 3. The lowest BCUT2D eigenvalue weighted by molar-refractivity contribution is -0.146. The molecule has 1 aliphatic rings. The van der Waals surface area contributed by atoms with Gasteiger partial charge in [-0.3, -0.25) is 4.79 Å². The summed E-state index contributed by atoms with van der Waals surface area (Å²) in [6, 6.07) is 2.01. The second-order valence-corrected chi connectivity index (χ2v) is 8.19. The molecule has 1 atom stereocenters. The first-order valence-electron chi connectivity index (χ1n) is 7.85. The van der Waals surface area contributed by atoms with E-state index in [0.29, 0.717) is 24.3 Å². The predicted molar refractivity (Wildman–Crippen MR) is 88.9 cm³/mol. The molecular weight excluding hydrogens is 314 g/mol. The van der Waals surface area contributed by atoms with Crippen molar-refractivity contribution in [3.05, 3.63) is 28.3 Å². The van der Waals surface area contributed by atoms with Gasteiger partial charge in [0.05, 0.1) is 17.9 Å². The maximum atomic E-state index is 13.2. The average Bonchev–Trinajstić information content (AvgIpc) is 2.52.